The van der Waals surface area contributed by atoms with Crippen LogP contribution in [0, 0.1) is 0 Å². The second-order valence-corrected chi connectivity index (χ2v) is 16.7. The van der Waals surface area contributed by atoms with Crippen molar-refractivity contribution in [2.45, 2.75) is 13.3 Å². The SMILES string of the molecule is CCc1c(-c2ccc3c(ccc4ccccc43)c2)nc(-c2cccc(-c3ccccc3)c2)nc1-c1ccc(-n2c3ccccc3c3cc4ccccc4cc32)c2oc3ccccc3c12. The van der Waals surface area contributed by atoms with E-state index >= 15 is 0 Å². The fourth-order valence-electron chi connectivity index (χ4n) is 10.1. The number of aromatic nitrogens is 3. The molecule has 0 aliphatic rings. The maximum absolute atomic E-state index is 7.04. The van der Waals surface area contributed by atoms with Crippen molar-refractivity contribution in [1.82, 2.24) is 14.5 Å². The Labute approximate surface area is 369 Å². The van der Waals surface area contributed by atoms with Gasteiger partial charge in [-0.25, -0.2) is 9.97 Å². The summed E-state index contributed by atoms with van der Waals surface area (Å²) in [5, 5.41) is 11.8. The lowest BCUT2D eigenvalue weighted by Crippen LogP contribution is -2.04. The maximum atomic E-state index is 7.04. The van der Waals surface area contributed by atoms with Crippen molar-refractivity contribution in [2.24, 2.45) is 0 Å². The van der Waals surface area contributed by atoms with Crippen LogP contribution < -0.4 is 0 Å². The van der Waals surface area contributed by atoms with E-state index in [1.807, 2.05) is 0 Å². The number of benzene rings is 10. The zero-order chi connectivity index (χ0) is 42.3. The number of nitrogens with zero attached hydrogens (tertiary/aromatic N) is 3. The zero-order valence-corrected chi connectivity index (χ0v) is 35.1. The zero-order valence-electron chi connectivity index (χ0n) is 35.1. The second kappa shape index (κ2) is 14.4. The molecular formula is C60H39N3O. The second-order valence-electron chi connectivity index (χ2n) is 16.7. The molecule has 300 valence electrons. The summed E-state index contributed by atoms with van der Waals surface area (Å²) in [6.07, 6.45) is 0.726. The van der Waals surface area contributed by atoms with E-state index in [9.17, 15) is 0 Å². The molecular weight excluding hydrogens is 779 g/mol. The monoisotopic (exact) mass is 817 g/mol. The molecule has 0 aliphatic heterocycles. The molecule has 0 saturated heterocycles. The van der Waals surface area contributed by atoms with Gasteiger partial charge in [0.15, 0.2) is 11.4 Å². The van der Waals surface area contributed by atoms with Crippen molar-refractivity contribution in [3.63, 3.8) is 0 Å². The van der Waals surface area contributed by atoms with Crippen molar-refractivity contribution in [2.75, 3.05) is 0 Å². The minimum atomic E-state index is 0.679. The molecule has 13 rings (SSSR count). The average Bonchev–Trinajstić information content (AvgIpc) is 3.91. The molecule has 0 radical (unpaired) electrons. The third kappa shape index (κ3) is 5.62. The van der Waals surface area contributed by atoms with Crippen molar-refractivity contribution in [3.8, 4) is 50.7 Å². The van der Waals surface area contributed by atoms with Gasteiger partial charge in [-0.2, -0.15) is 0 Å². The molecule has 0 saturated carbocycles. The first-order valence-corrected chi connectivity index (χ1v) is 22.0. The summed E-state index contributed by atoms with van der Waals surface area (Å²) in [5.74, 6) is 0.679. The van der Waals surface area contributed by atoms with Gasteiger partial charge in [-0.3, -0.25) is 0 Å². The van der Waals surface area contributed by atoms with Gasteiger partial charge >= 0.3 is 0 Å². The highest BCUT2D eigenvalue weighted by Gasteiger charge is 2.25. The molecule has 0 spiro atoms. The lowest BCUT2D eigenvalue weighted by molar-refractivity contribution is 0.666. The summed E-state index contributed by atoms with van der Waals surface area (Å²) in [5.41, 5.74) is 13.1. The van der Waals surface area contributed by atoms with Gasteiger partial charge in [-0.1, -0.05) is 165 Å². The topological polar surface area (TPSA) is 43.9 Å². The van der Waals surface area contributed by atoms with Crippen LogP contribution in [0.15, 0.2) is 211 Å². The number of hydrogen-bond acceptors (Lipinski definition) is 3. The number of fused-ring (bicyclic) bond motifs is 10. The Hall–Kier alpha value is -8.34. The van der Waals surface area contributed by atoms with Crippen LogP contribution in [0.1, 0.15) is 12.5 Å². The third-order valence-corrected chi connectivity index (χ3v) is 13.1. The summed E-state index contributed by atoms with van der Waals surface area (Å²) in [7, 11) is 0. The van der Waals surface area contributed by atoms with Gasteiger partial charge in [0.1, 0.15) is 5.58 Å². The Morgan fingerprint density at radius 3 is 1.95 bits per heavy atom. The fraction of sp³-hybridized carbons (Fsp3) is 0.0333. The molecule has 3 heterocycles. The molecule has 4 heteroatoms. The van der Waals surface area contributed by atoms with Crippen LogP contribution in [0.5, 0.6) is 0 Å². The Morgan fingerprint density at radius 2 is 1.09 bits per heavy atom. The molecule has 0 fully saturated rings. The van der Waals surface area contributed by atoms with Gasteiger partial charge in [0.25, 0.3) is 0 Å². The van der Waals surface area contributed by atoms with E-state index in [4.69, 9.17) is 14.4 Å². The first-order valence-electron chi connectivity index (χ1n) is 22.0. The van der Waals surface area contributed by atoms with Gasteiger partial charge in [0.2, 0.25) is 0 Å². The first-order chi connectivity index (χ1) is 31.7. The van der Waals surface area contributed by atoms with Gasteiger partial charge in [-0.05, 0) is 98.4 Å². The van der Waals surface area contributed by atoms with Crippen LogP contribution in [0.25, 0.3) is 127 Å². The summed E-state index contributed by atoms with van der Waals surface area (Å²) < 4.78 is 9.43. The molecule has 0 unspecified atom stereocenters. The van der Waals surface area contributed by atoms with E-state index in [0.717, 1.165) is 89.8 Å². The van der Waals surface area contributed by atoms with Crippen LogP contribution in [0.3, 0.4) is 0 Å². The third-order valence-electron chi connectivity index (χ3n) is 13.1. The van der Waals surface area contributed by atoms with Gasteiger partial charge in [0, 0.05) is 43.8 Å². The lowest BCUT2D eigenvalue weighted by atomic mass is 9.93. The fourth-order valence-corrected chi connectivity index (χ4v) is 10.1. The van der Waals surface area contributed by atoms with Crippen LogP contribution in [0.4, 0.5) is 0 Å². The predicted molar refractivity (Wildman–Crippen MR) is 267 cm³/mol. The van der Waals surface area contributed by atoms with Crippen molar-refractivity contribution >= 4 is 76.1 Å². The van der Waals surface area contributed by atoms with E-state index in [0.29, 0.717) is 5.82 Å². The largest absolute Gasteiger partial charge is 0.454 e. The minimum Gasteiger partial charge on any atom is -0.454 e. The molecule has 0 bridgehead atoms. The van der Waals surface area contributed by atoms with E-state index in [-0.39, 0.29) is 0 Å². The van der Waals surface area contributed by atoms with E-state index in [1.54, 1.807) is 0 Å². The van der Waals surface area contributed by atoms with E-state index < -0.39 is 0 Å². The lowest BCUT2D eigenvalue weighted by Gasteiger charge is -2.18. The normalized spacial score (nSPS) is 11.9. The van der Waals surface area contributed by atoms with Gasteiger partial charge in [0.05, 0.1) is 28.1 Å². The van der Waals surface area contributed by atoms with Crippen LogP contribution >= 0.6 is 0 Å². The summed E-state index contributed by atoms with van der Waals surface area (Å²) in [6, 6.07) is 73.9. The highest BCUT2D eigenvalue weighted by atomic mass is 16.3. The minimum absolute atomic E-state index is 0.679. The molecule has 4 nitrogen and oxygen atoms in total. The predicted octanol–water partition coefficient (Wildman–Crippen LogP) is 16.2. The van der Waals surface area contributed by atoms with Crippen molar-refractivity contribution in [3.05, 3.63) is 212 Å². The molecule has 13 aromatic rings. The smallest absolute Gasteiger partial charge is 0.160 e. The van der Waals surface area contributed by atoms with Crippen molar-refractivity contribution < 1.29 is 4.42 Å². The quantitative estimate of drug-likeness (QED) is 0.157. The number of furan rings is 1. The first kappa shape index (κ1) is 36.3. The molecule has 0 amide bonds. The van der Waals surface area contributed by atoms with Crippen molar-refractivity contribution in [1.29, 1.82) is 0 Å². The Kier molecular flexibility index (Phi) is 8.16. The molecule has 0 atom stereocenters. The molecule has 64 heavy (non-hydrogen) atoms. The van der Waals surface area contributed by atoms with Crippen LogP contribution in [0.2, 0.25) is 0 Å². The van der Waals surface area contributed by atoms with E-state index in [2.05, 4.69) is 218 Å². The van der Waals surface area contributed by atoms with Gasteiger partial charge in [-0.15, -0.1) is 0 Å². The standard InChI is InChI=1S/C60H39N3O/c1-2-45-57(43-29-30-47-42(34-43)28-27-38-17-8-9-22-46(38)47)61-60(44-21-14-20-39(33-44)37-15-4-3-5-16-37)62-58(45)50-31-32-53(59-56(50)49-24-11-13-26-55(49)64-59)63-52-25-12-10-23-48(52)51-35-40-18-6-7-19-41(40)36-54(51)63/h3-36H,2H2,1H3. The number of hydrogen-bond donors (Lipinski definition) is 0. The Morgan fingerprint density at radius 1 is 0.422 bits per heavy atom. The highest BCUT2D eigenvalue weighted by molar-refractivity contribution is 6.18. The van der Waals surface area contributed by atoms with Crippen LogP contribution in [-0.4, -0.2) is 14.5 Å². The number of rotatable bonds is 6. The average molecular weight is 818 g/mol. The number of para-hydroxylation sites is 2. The molecule has 0 N–H and O–H groups in total. The summed E-state index contributed by atoms with van der Waals surface area (Å²) in [6.45, 7) is 2.22. The molecule has 3 aromatic heterocycles. The Balaban J connectivity index is 1.10. The van der Waals surface area contributed by atoms with Gasteiger partial charge < -0.3 is 8.98 Å². The summed E-state index contributed by atoms with van der Waals surface area (Å²) >= 11 is 0. The maximum Gasteiger partial charge on any atom is 0.160 e. The van der Waals surface area contributed by atoms with Crippen LogP contribution in [-0.2, 0) is 6.42 Å². The Bertz CT molecular complexity index is 4010. The molecule has 0 aliphatic carbocycles. The summed E-state index contributed by atoms with van der Waals surface area (Å²) in [4.78, 5) is 11.1. The molecule has 10 aromatic carbocycles. The van der Waals surface area contributed by atoms with E-state index in [1.165, 1.54) is 43.1 Å². The highest BCUT2D eigenvalue weighted by Crippen LogP contribution is 2.45.